The number of aliphatic carboxylic acids is 1. The maximum absolute atomic E-state index is 11.3. The quantitative estimate of drug-likeness (QED) is 0.413. The molecule has 0 unspecified atom stereocenters. The van der Waals surface area contributed by atoms with Crippen molar-refractivity contribution in [1.29, 1.82) is 0 Å². The van der Waals surface area contributed by atoms with Crippen LogP contribution >= 0.6 is 0 Å². The number of anilines is 2. The van der Waals surface area contributed by atoms with Gasteiger partial charge in [-0.1, -0.05) is 12.1 Å². The van der Waals surface area contributed by atoms with Crippen LogP contribution in [0.3, 0.4) is 0 Å². The molecule has 32 heavy (non-hydrogen) atoms. The minimum Gasteiger partial charge on any atom is -0.481 e. The van der Waals surface area contributed by atoms with E-state index in [0.717, 1.165) is 27.5 Å². The maximum Gasteiger partial charge on any atom is 0.306 e. The van der Waals surface area contributed by atoms with E-state index in [0.29, 0.717) is 49.9 Å². The highest BCUT2D eigenvalue weighted by molar-refractivity contribution is 5.92. The van der Waals surface area contributed by atoms with E-state index >= 15 is 0 Å². The lowest BCUT2D eigenvalue weighted by Gasteiger charge is -2.30. The second-order valence-corrected chi connectivity index (χ2v) is 7.89. The van der Waals surface area contributed by atoms with Crippen molar-refractivity contribution >= 4 is 45.4 Å². The first kappa shape index (κ1) is 19.8. The fourth-order valence-corrected chi connectivity index (χ4v) is 4.05. The van der Waals surface area contributed by atoms with E-state index in [4.69, 9.17) is 16.5 Å². The van der Waals surface area contributed by atoms with Crippen LogP contribution in [0.25, 0.3) is 26.8 Å². The predicted octanol–water partition coefficient (Wildman–Crippen LogP) is 3.97. The number of imidazole rings is 1. The zero-order chi connectivity index (χ0) is 22.1. The fraction of sp³-hybridized carbons (Fsp3) is 0.261. The van der Waals surface area contributed by atoms with E-state index in [1.54, 1.807) is 18.5 Å². The highest BCUT2D eigenvalue weighted by Gasteiger charge is 2.26. The lowest BCUT2D eigenvalue weighted by molar-refractivity contribution is -0.142. The molecule has 2 aromatic heterocycles. The number of rotatable bonds is 5. The molecule has 160 valence electrons. The molecular formula is C23H21N7O2. The number of carboxylic acid groups (broad SMARTS) is 1. The number of nitrogens with zero attached hydrogens (tertiary/aromatic N) is 5. The minimum absolute atomic E-state index is 0.317. The molecule has 1 saturated heterocycles. The van der Waals surface area contributed by atoms with Crippen LogP contribution in [0.15, 0.2) is 42.7 Å². The third-order valence-corrected chi connectivity index (χ3v) is 5.87. The Kier molecular flexibility index (Phi) is 5.03. The van der Waals surface area contributed by atoms with Crippen molar-refractivity contribution in [2.45, 2.75) is 19.4 Å². The van der Waals surface area contributed by atoms with Crippen LogP contribution in [0.2, 0.25) is 0 Å². The molecule has 0 amide bonds. The van der Waals surface area contributed by atoms with Gasteiger partial charge in [0.25, 0.3) is 0 Å². The number of hydrogen-bond donors (Lipinski definition) is 3. The van der Waals surface area contributed by atoms with Crippen LogP contribution in [0.4, 0.5) is 17.5 Å². The Morgan fingerprint density at radius 2 is 2.00 bits per heavy atom. The Balaban J connectivity index is 1.46. The summed E-state index contributed by atoms with van der Waals surface area (Å²) in [5.74, 6) is 0.166. The summed E-state index contributed by atoms with van der Waals surface area (Å²) in [6.07, 6.45) is 2.81. The second kappa shape index (κ2) is 8.15. The third kappa shape index (κ3) is 3.78. The Hall–Kier alpha value is -4.19. The number of carbonyl (C=O) groups is 1. The molecule has 3 N–H and O–H groups in total. The first-order chi connectivity index (χ1) is 15.6. The Labute approximate surface area is 184 Å². The number of aromatic amines is 1. The van der Waals surface area contributed by atoms with Crippen LogP contribution in [0, 0.1) is 12.5 Å². The van der Waals surface area contributed by atoms with Crippen LogP contribution in [0.5, 0.6) is 0 Å². The third-order valence-electron chi connectivity index (χ3n) is 5.87. The number of aromatic nitrogens is 4. The first-order valence-electron chi connectivity index (χ1n) is 10.4. The molecule has 3 heterocycles. The lowest BCUT2D eigenvalue weighted by atomic mass is 9.97. The molecule has 9 heteroatoms. The number of hydrogen-bond acceptors (Lipinski definition) is 6. The van der Waals surface area contributed by atoms with Crippen LogP contribution in [0.1, 0.15) is 18.4 Å². The van der Waals surface area contributed by atoms with Crippen molar-refractivity contribution in [3.05, 3.63) is 59.7 Å². The van der Waals surface area contributed by atoms with Gasteiger partial charge in [0.1, 0.15) is 5.82 Å². The van der Waals surface area contributed by atoms with Gasteiger partial charge in [-0.15, -0.1) is 0 Å². The van der Waals surface area contributed by atoms with Crippen molar-refractivity contribution < 1.29 is 9.90 Å². The number of carboxylic acids is 1. The van der Waals surface area contributed by atoms with Gasteiger partial charge in [-0.3, -0.25) is 4.79 Å². The summed E-state index contributed by atoms with van der Waals surface area (Å²) in [5.41, 5.74) is 4.22. The molecule has 0 spiro atoms. The molecule has 0 aliphatic carbocycles. The first-order valence-corrected chi connectivity index (χ1v) is 10.4. The average molecular weight is 427 g/mol. The normalized spacial score (nSPS) is 14.5. The van der Waals surface area contributed by atoms with Crippen molar-refractivity contribution in [2.75, 3.05) is 23.3 Å². The molecule has 1 fully saturated rings. The van der Waals surface area contributed by atoms with E-state index in [9.17, 15) is 9.90 Å². The van der Waals surface area contributed by atoms with Crippen LogP contribution in [-0.2, 0) is 11.3 Å². The molecule has 9 nitrogen and oxygen atoms in total. The molecule has 1 aliphatic heterocycles. The van der Waals surface area contributed by atoms with Crippen LogP contribution in [-0.4, -0.2) is 44.1 Å². The SMILES string of the molecule is [C-]#[N+]c1ccc2nc(N3CCC(C(=O)O)CC3)nc(NCc3ccc4nc[nH]c4c3)c2c1. The molecule has 0 bridgehead atoms. The van der Waals surface area contributed by atoms with Crippen molar-refractivity contribution in [3.63, 3.8) is 0 Å². The summed E-state index contributed by atoms with van der Waals surface area (Å²) in [4.78, 5) is 33.7. The molecule has 2 aromatic carbocycles. The van der Waals surface area contributed by atoms with E-state index in [2.05, 4.69) is 20.1 Å². The second-order valence-electron chi connectivity index (χ2n) is 7.89. The summed E-state index contributed by atoms with van der Waals surface area (Å²) in [7, 11) is 0. The number of fused-ring (bicyclic) bond motifs is 2. The largest absolute Gasteiger partial charge is 0.481 e. The summed E-state index contributed by atoms with van der Waals surface area (Å²) < 4.78 is 0. The summed E-state index contributed by atoms with van der Waals surface area (Å²) in [5, 5.41) is 13.5. The smallest absolute Gasteiger partial charge is 0.306 e. The molecule has 1 aliphatic rings. The number of benzene rings is 2. The van der Waals surface area contributed by atoms with Crippen molar-refractivity contribution in [2.24, 2.45) is 5.92 Å². The number of nitrogens with one attached hydrogen (secondary N) is 2. The van der Waals surface area contributed by atoms with Gasteiger partial charge in [0, 0.05) is 25.0 Å². The maximum atomic E-state index is 11.3. The highest BCUT2D eigenvalue weighted by Crippen LogP contribution is 2.30. The van der Waals surface area contributed by atoms with Gasteiger partial charge >= 0.3 is 5.97 Å². The van der Waals surface area contributed by atoms with E-state index in [1.807, 2.05) is 29.2 Å². The van der Waals surface area contributed by atoms with Gasteiger partial charge in [-0.05, 0) is 42.7 Å². The van der Waals surface area contributed by atoms with Gasteiger partial charge < -0.3 is 20.3 Å². The van der Waals surface area contributed by atoms with Crippen molar-refractivity contribution in [1.82, 2.24) is 19.9 Å². The fourth-order valence-electron chi connectivity index (χ4n) is 4.05. The van der Waals surface area contributed by atoms with E-state index in [-0.39, 0.29) is 5.92 Å². The number of H-pyrrole nitrogens is 1. The monoisotopic (exact) mass is 427 g/mol. The van der Waals surface area contributed by atoms with Gasteiger partial charge in [-0.2, -0.15) is 4.98 Å². The minimum atomic E-state index is -0.743. The zero-order valence-electron chi connectivity index (χ0n) is 17.2. The summed E-state index contributed by atoms with van der Waals surface area (Å²) >= 11 is 0. The molecule has 4 aromatic rings. The lowest BCUT2D eigenvalue weighted by Crippen LogP contribution is -2.37. The molecular weight excluding hydrogens is 406 g/mol. The topological polar surface area (TPSA) is 111 Å². The predicted molar refractivity (Wildman–Crippen MR) is 122 cm³/mol. The Morgan fingerprint density at radius 3 is 2.78 bits per heavy atom. The van der Waals surface area contributed by atoms with Gasteiger partial charge in [0.2, 0.25) is 5.95 Å². The average Bonchev–Trinajstić information content (AvgIpc) is 3.30. The molecule has 0 atom stereocenters. The van der Waals surface area contributed by atoms with E-state index < -0.39 is 5.97 Å². The number of piperidine rings is 1. The molecule has 0 saturated carbocycles. The van der Waals surface area contributed by atoms with Gasteiger partial charge in [0.15, 0.2) is 5.69 Å². The Morgan fingerprint density at radius 1 is 1.19 bits per heavy atom. The van der Waals surface area contributed by atoms with E-state index in [1.165, 1.54) is 0 Å². The van der Waals surface area contributed by atoms with Gasteiger partial charge in [0.05, 0.1) is 35.4 Å². The summed E-state index contributed by atoms with van der Waals surface area (Å²) in [6.45, 7) is 9.08. The van der Waals surface area contributed by atoms with Gasteiger partial charge in [-0.25, -0.2) is 14.8 Å². The standard InChI is InChI=1S/C23H21N7O2/c1-24-16-3-5-18-17(11-16)21(25-12-14-2-4-19-20(10-14)27-13-26-19)29-23(28-18)30-8-6-15(7-9-30)22(31)32/h2-5,10-11,13,15H,6-9,12H2,(H,26,27)(H,31,32)(H,25,28,29). The zero-order valence-corrected chi connectivity index (χ0v) is 17.2. The van der Waals surface area contributed by atoms with Crippen molar-refractivity contribution in [3.8, 4) is 0 Å². The summed E-state index contributed by atoms with van der Waals surface area (Å²) in [6, 6.07) is 11.4. The Bertz CT molecular complexity index is 1350. The molecule has 0 radical (unpaired) electrons. The highest BCUT2D eigenvalue weighted by atomic mass is 16.4. The molecule has 5 rings (SSSR count). The van der Waals surface area contributed by atoms with Crippen LogP contribution < -0.4 is 10.2 Å².